The van der Waals surface area contributed by atoms with Gasteiger partial charge in [0.1, 0.15) is 13.0 Å². The molecule has 0 aliphatic rings. The molecule has 9 heteroatoms. The highest BCUT2D eigenvalue weighted by atomic mass is 32.1. The van der Waals surface area contributed by atoms with Gasteiger partial charge in [-0.3, -0.25) is 9.59 Å². The second-order valence-electron chi connectivity index (χ2n) is 4.17. The summed E-state index contributed by atoms with van der Waals surface area (Å²) in [6.45, 7) is 0.529. The Morgan fingerprint density at radius 2 is 2.33 bits per heavy atom. The number of aromatic nitrogens is 4. The molecule has 112 valence electrons. The Hall–Kier alpha value is -2.29. The van der Waals surface area contributed by atoms with Crippen LogP contribution in [0.3, 0.4) is 0 Å². The van der Waals surface area contributed by atoms with Crippen LogP contribution in [0.25, 0.3) is 0 Å². The number of carbonyl (C=O) groups is 2. The van der Waals surface area contributed by atoms with Gasteiger partial charge in [0.15, 0.2) is 5.82 Å². The summed E-state index contributed by atoms with van der Waals surface area (Å²) in [4.78, 5) is 25.1. The summed E-state index contributed by atoms with van der Waals surface area (Å²) in [6.07, 6.45) is 0.734. The van der Waals surface area contributed by atoms with Crippen LogP contribution in [-0.2, 0) is 33.7 Å². The molecule has 0 saturated heterocycles. The number of hydrogen-bond acceptors (Lipinski definition) is 7. The van der Waals surface area contributed by atoms with Crippen LogP contribution >= 0.6 is 11.3 Å². The maximum Gasteiger partial charge on any atom is 0.313 e. The van der Waals surface area contributed by atoms with Crippen LogP contribution in [-0.4, -0.2) is 45.7 Å². The van der Waals surface area contributed by atoms with Crippen LogP contribution in [0.15, 0.2) is 17.5 Å². The van der Waals surface area contributed by atoms with Gasteiger partial charge in [0.25, 0.3) is 0 Å². The normalized spacial score (nSPS) is 10.3. The fourth-order valence-corrected chi connectivity index (χ4v) is 2.29. The highest BCUT2D eigenvalue weighted by Crippen LogP contribution is 2.07. The van der Waals surface area contributed by atoms with Gasteiger partial charge in [0, 0.05) is 11.4 Å². The van der Waals surface area contributed by atoms with E-state index in [0.29, 0.717) is 6.54 Å². The topological polar surface area (TPSA) is 99.0 Å². The van der Waals surface area contributed by atoms with Gasteiger partial charge in [0.05, 0.1) is 7.11 Å². The molecule has 0 radical (unpaired) electrons. The number of tetrazole rings is 1. The molecule has 2 aromatic rings. The average molecular weight is 309 g/mol. The standard InChI is InChI=1S/C12H15N5O3S/c1-20-12(19)7-10-14-16-17(15-10)8-11(18)13-5-4-9-3-2-6-21-9/h2-3,6H,4-5,7-8H2,1H3,(H,13,18). The van der Waals surface area contributed by atoms with Gasteiger partial charge in [-0.2, -0.15) is 4.80 Å². The molecule has 0 saturated carbocycles. The second kappa shape index (κ2) is 7.48. The number of ether oxygens (including phenoxy) is 1. The molecule has 0 atom stereocenters. The Morgan fingerprint density at radius 1 is 1.48 bits per heavy atom. The third-order valence-corrected chi connectivity index (χ3v) is 3.52. The molecule has 0 aliphatic carbocycles. The fourth-order valence-electron chi connectivity index (χ4n) is 1.58. The van der Waals surface area contributed by atoms with Crippen LogP contribution in [0.1, 0.15) is 10.7 Å². The molecule has 1 amide bonds. The van der Waals surface area contributed by atoms with Crippen molar-refractivity contribution in [3.63, 3.8) is 0 Å². The van der Waals surface area contributed by atoms with Gasteiger partial charge >= 0.3 is 5.97 Å². The summed E-state index contributed by atoms with van der Waals surface area (Å²) in [5.74, 6) is -0.420. The molecule has 0 aromatic carbocycles. The van der Waals surface area contributed by atoms with Gasteiger partial charge in [-0.05, 0) is 23.1 Å². The molecule has 8 nitrogen and oxygen atoms in total. The first-order chi connectivity index (χ1) is 10.2. The monoisotopic (exact) mass is 309 g/mol. The Morgan fingerprint density at radius 3 is 3.05 bits per heavy atom. The van der Waals surface area contributed by atoms with Gasteiger partial charge in [-0.15, -0.1) is 21.5 Å². The third kappa shape index (κ3) is 4.95. The van der Waals surface area contributed by atoms with E-state index in [2.05, 4.69) is 25.5 Å². The molecule has 0 fully saturated rings. The molecular formula is C12H15N5O3S. The molecule has 2 rings (SSSR count). The lowest BCUT2D eigenvalue weighted by Crippen LogP contribution is -2.30. The molecule has 2 aromatic heterocycles. The predicted octanol–water partition coefficient (Wildman–Crippen LogP) is -0.191. The van der Waals surface area contributed by atoms with Crippen molar-refractivity contribution in [1.82, 2.24) is 25.5 Å². The van der Waals surface area contributed by atoms with Crippen molar-refractivity contribution in [1.29, 1.82) is 0 Å². The van der Waals surface area contributed by atoms with Crippen LogP contribution < -0.4 is 5.32 Å². The summed E-state index contributed by atoms with van der Waals surface area (Å²) in [5.41, 5.74) is 0. The van der Waals surface area contributed by atoms with Crippen molar-refractivity contribution < 1.29 is 14.3 Å². The van der Waals surface area contributed by atoms with Gasteiger partial charge < -0.3 is 10.1 Å². The van der Waals surface area contributed by atoms with Gasteiger partial charge in [-0.1, -0.05) is 6.07 Å². The van der Waals surface area contributed by atoms with Crippen LogP contribution in [0.2, 0.25) is 0 Å². The minimum absolute atomic E-state index is 0.0292. The summed E-state index contributed by atoms with van der Waals surface area (Å²) in [6, 6.07) is 4.00. The van der Waals surface area contributed by atoms with E-state index in [0.717, 1.165) is 11.2 Å². The summed E-state index contributed by atoms with van der Waals surface area (Å²) < 4.78 is 4.50. The largest absolute Gasteiger partial charge is 0.469 e. The predicted molar refractivity (Wildman–Crippen MR) is 74.6 cm³/mol. The van der Waals surface area contributed by atoms with E-state index in [1.54, 1.807) is 11.3 Å². The maximum atomic E-state index is 11.7. The molecule has 0 bridgehead atoms. The minimum Gasteiger partial charge on any atom is -0.469 e. The van der Waals surface area contributed by atoms with Crippen molar-refractivity contribution in [2.24, 2.45) is 0 Å². The molecule has 0 spiro atoms. The lowest BCUT2D eigenvalue weighted by atomic mass is 10.3. The van der Waals surface area contributed by atoms with E-state index in [4.69, 9.17) is 0 Å². The first-order valence-corrected chi connectivity index (χ1v) is 7.18. The smallest absolute Gasteiger partial charge is 0.313 e. The molecule has 21 heavy (non-hydrogen) atoms. The molecule has 0 unspecified atom stereocenters. The zero-order valence-electron chi connectivity index (χ0n) is 11.5. The van der Waals surface area contributed by atoms with Gasteiger partial charge in [-0.25, -0.2) is 0 Å². The number of esters is 1. The summed E-state index contributed by atoms with van der Waals surface area (Å²) in [7, 11) is 1.29. The van der Waals surface area contributed by atoms with E-state index in [1.165, 1.54) is 12.0 Å². The lowest BCUT2D eigenvalue weighted by Gasteiger charge is -2.02. The third-order valence-electron chi connectivity index (χ3n) is 2.58. The second-order valence-corrected chi connectivity index (χ2v) is 5.20. The minimum atomic E-state index is -0.449. The highest BCUT2D eigenvalue weighted by molar-refractivity contribution is 7.09. The number of nitrogens with one attached hydrogen (secondary N) is 1. The zero-order valence-corrected chi connectivity index (χ0v) is 12.3. The van der Waals surface area contributed by atoms with Crippen molar-refractivity contribution in [3.8, 4) is 0 Å². The number of amides is 1. The first-order valence-electron chi connectivity index (χ1n) is 6.30. The average Bonchev–Trinajstić information content (AvgIpc) is 3.11. The lowest BCUT2D eigenvalue weighted by molar-refractivity contribution is -0.139. The van der Waals surface area contributed by atoms with Crippen LogP contribution in [0, 0.1) is 0 Å². The molecule has 0 aliphatic heterocycles. The van der Waals surface area contributed by atoms with E-state index in [1.807, 2.05) is 17.5 Å². The van der Waals surface area contributed by atoms with E-state index in [9.17, 15) is 9.59 Å². The number of nitrogens with zero attached hydrogens (tertiary/aromatic N) is 4. The SMILES string of the molecule is COC(=O)Cc1nnn(CC(=O)NCCc2cccs2)n1. The van der Waals surface area contributed by atoms with E-state index in [-0.39, 0.29) is 24.7 Å². The van der Waals surface area contributed by atoms with E-state index >= 15 is 0 Å². The van der Waals surface area contributed by atoms with Crippen LogP contribution in [0.5, 0.6) is 0 Å². The Labute approximate surface area is 125 Å². The van der Waals surface area contributed by atoms with Crippen molar-refractivity contribution in [3.05, 3.63) is 28.2 Å². The Balaban J connectivity index is 1.73. The van der Waals surface area contributed by atoms with Gasteiger partial charge in [0.2, 0.25) is 5.91 Å². The fraction of sp³-hybridized carbons (Fsp3) is 0.417. The number of rotatable bonds is 7. The molecule has 2 heterocycles. The Kier molecular flexibility index (Phi) is 5.38. The van der Waals surface area contributed by atoms with Crippen LogP contribution in [0.4, 0.5) is 0 Å². The zero-order chi connectivity index (χ0) is 15.1. The number of methoxy groups -OCH3 is 1. The summed E-state index contributed by atoms with van der Waals surface area (Å²) in [5, 5.41) is 16.1. The first kappa shape index (κ1) is 15.1. The number of hydrogen-bond donors (Lipinski definition) is 1. The summed E-state index contributed by atoms with van der Waals surface area (Å²) >= 11 is 1.65. The Bertz CT molecular complexity index is 596. The number of thiophene rings is 1. The van der Waals surface area contributed by atoms with Crippen molar-refractivity contribution in [2.45, 2.75) is 19.4 Å². The molecule has 1 N–H and O–H groups in total. The number of carbonyl (C=O) groups excluding carboxylic acids is 2. The van der Waals surface area contributed by atoms with Crippen molar-refractivity contribution >= 4 is 23.2 Å². The molecular weight excluding hydrogens is 294 g/mol. The quantitative estimate of drug-likeness (QED) is 0.712. The highest BCUT2D eigenvalue weighted by Gasteiger charge is 2.11. The van der Waals surface area contributed by atoms with Crippen molar-refractivity contribution in [2.75, 3.05) is 13.7 Å². The van der Waals surface area contributed by atoms with E-state index < -0.39 is 5.97 Å². The maximum absolute atomic E-state index is 11.7.